The molecule has 132 valence electrons. The standard InChI is InChI=1S/C19H19N5O2/c1-11-15(12(2)22-18-17(11)19(26)23-24(18)3)8-16(25)21-10-14-6-4-13(9-20)5-7-14/h4-7H,8,10H2,1-3H3,(H,21,25)(H,23,26). The Labute approximate surface area is 150 Å². The third-order valence-corrected chi connectivity index (χ3v) is 4.49. The number of fused-ring (bicyclic) bond motifs is 1. The van der Waals surface area contributed by atoms with E-state index in [4.69, 9.17) is 5.26 Å². The summed E-state index contributed by atoms with van der Waals surface area (Å²) in [6, 6.07) is 9.12. The van der Waals surface area contributed by atoms with Gasteiger partial charge in [0.15, 0.2) is 5.65 Å². The Hall–Kier alpha value is -3.40. The number of aromatic amines is 1. The van der Waals surface area contributed by atoms with Crippen LogP contribution in [0.3, 0.4) is 0 Å². The molecule has 3 rings (SSSR count). The monoisotopic (exact) mass is 349 g/mol. The summed E-state index contributed by atoms with van der Waals surface area (Å²) >= 11 is 0. The number of rotatable bonds is 4. The number of benzene rings is 1. The molecule has 0 saturated heterocycles. The van der Waals surface area contributed by atoms with Gasteiger partial charge in [0.05, 0.1) is 23.4 Å². The lowest BCUT2D eigenvalue weighted by Crippen LogP contribution is -2.25. The molecule has 7 heteroatoms. The van der Waals surface area contributed by atoms with Gasteiger partial charge in [0.2, 0.25) is 5.91 Å². The van der Waals surface area contributed by atoms with E-state index in [1.54, 1.807) is 23.9 Å². The lowest BCUT2D eigenvalue weighted by Gasteiger charge is -2.11. The van der Waals surface area contributed by atoms with Gasteiger partial charge in [0.1, 0.15) is 0 Å². The van der Waals surface area contributed by atoms with Crippen LogP contribution >= 0.6 is 0 Å². The highest BCUT2D eigenvalue weighted by Gasteiger charge is 2.17. The fourth-order valence-electron chi connectivity index (χ4n) is 3.03. The highest BCUT2D eigenvalue weighted by molar-refractivity contribution is 5.84. The predicted octanol–water partition coefficient (Wildman–Crippen LogP) is 1.61. The maximum absolute atomic E-state index is 12.4. The van der Waals surface area contributed by atoms with Crippen LogP contribution < -0.4 is 10.9 Å². The highest BCUT2D eigenvalue weighted by atomic mass is 16.1. The predicted molar refractivity (Wildman–Crippen MR) is 97.5 cm³/mol. The normalized spacial score (nSPS) is 10.7. The van der Waals surface area contributed by atoms with Crippen molar-refractivity contribution in [2.24, 2.45) is 7.05 Å². The Morgan fingerprint density at radius 2 is 2.00 bits per heavy atom. The number of aromatic nitrogens is 3. The first kappa shape index (κ1) is 17.4. The van der Waals surface area contributed by atoms with Crippen molar-refractivity contribution in [2.45, 2.75) is 26.8 Å². The number of pyridine rings is 1. The number of nitrogens with one attached hydrogen (secondary N) is 2. The molecule has 0 saturated carbocycles. The molecule has 0 fully saturated rings. The number of carbonyl (C=O) groups is 1. The molecule has 2 aromatic heterocycles. The summed E-state index contributed by atoms with van der Waals surface area (Å²) in [5.41, 5.74) is 4.17. The van der Waals surface area contributed by atoms with E-state index >= 15 is 0 Å². The van der Waals surface area contributed by atoms with Gasteiger partial charge in [-0.2, -0.15) is 5.26 Å². The largest absolute Gasteiger partial charge is 0.352 e. The summed E-state index contributed by atoms with van der Waals surface area (Å²) in [4.78, 5) is 28.9. The summed E-state index contributed by atoms with van der Waals surface area (Å²) in [5, 5.41) is 14.9. The third-order valence-electron chi connectivity index (χ3n) is 4.49. The van der Waals surface area contributed by atoms with Crippen LogP contribution in [-0.2, 0) is 24.8 Å². The van der Waals surface area contributed by atoms with Crippen LogP contribution in [-0.4, -0.2) is 20.7 Å². The van der Waals surface area contributed by atoms with Crippen molar-refractivity contribution < 1.29 is 4.79 Å². The van der Waals surface area contributed by atoms with Crippen molar-refractivity contribution >= 4 is 16.9 Å². The van der Waals surface area contributed by atoms with Crippen LogP contribution in [0.25, 0.3) is 11.0 Å². The zero-order valence-electron chi connectivity index (χ0n) is 14.9. The minimum Gasteiger partial charge on any atom is -0.352 e. The number of nitriles is 1. The van der Waals surface area contributed by atoms with Crippen molar-refractivity contribution in [2.75, 3.05) is 0 Å². The van der Waals surface area contributed by atoms with Crippen LogP contribution in [0.5, 0.6) is 0 Å². The van der Waals surface area contributed by atoms with Gasteiger partial charge in [0.25, 0.3) is 5.56 Å². The van der Waals surface area contributed by atoms with Gasteiger partial charge in [-0.05, 0) is 42.7 Å². The molecule has 7 nitrogen and oxygen atoms in total. The molecular weight excluding hydrogens is 330 g/mol. The van der Waals surface area contributed by atoms with E-state index in [1.165, 1.54) is 0 Å². The van der Waals surface area contributed by atoms with E-state index < -0.39 is 0 Å². The molecule has 0 atom stereocenters. The quantitative estimate of drug-likeness (QED) is 0.747. The zero-order valence-corrected chi connectivity index (χ0v) is 14.9. The fraction of sp³-hybridized carbons (Fsp3) is 0.263. The Kier molecular flexibility index (Phi) is 4.59. The summed E-state index contributed by atoms with van der Waals surface area (Å²) in [6.07, 6.45) is 0.158. The second-order valence-corrected chi connectivity index (χ2v) is 6.26. The second-order valence-electron chi connectivity index (χ2n) is 6.26. The van der Waals surface area contributed by atoms with Gasteiger partial charge in [-0.25, -0.2) is 4.98 Å². The molecule has 2 N–H and O–H groups in total. The molecule has 0 unspecified atom stereocenters. The molecule has 0 bridgehead atoms. The van der Waals surface area contributed by atoms with Crippen LogP contribution in [0.2, 0.25) is 0 Å². The van der Waals surface area contributed by atoms with E-state index in [9.17, 15) is 9.59 Å². The van der Waals surface area contributed by atoms with E-state index in [0.29, 0.717) is 23.1 Å². The number of amides is 1. The van der Waals surface area contributed by atoms with E-state index in [1.807, 2.05) is 26.0 Å². The van der Waals surface area contributed by atoms with E-state index in [2.05, 4.69) is 21.5 Å². The summed E-state index contributed by atoms with van der Waals surface area (Å²) in [7, 11) is 1.74. The number of aryl methyl sites for hydroxylation is 3. The highest BCUT2D eigenvalue weighted by Crippen LogP contribution is 2.20. The first-order valence-corrected chi connectivity index (χ1v) is 8.21. The van der Waals surface area contributed by atoms with Gasteiger partial charge in [-0.15, -0.1) is 0 Å². The van der Waals surface area contributed by atoms with Crippen molar-refractivity contribution in [3.63, 3.8) is 0 Å². The van der Waals surface area contributed by atoms with Crippen molar-refractivity contribution in [3.05, 3.63) is 62.6 Å². The van der Waals surface area contributed by atoms with Crippen LogP contribution in [0.1, 0.15) is 27.9 Å². The molecule has 26 heavy (non-hydrogen) atoms. The molecule has 1 aromatic carbocycles. The number of carbonyl (C=O) groups excluding carboxylic acids is 1. The molecule has 3 aromatic rings. The first-order chi connectivity index (χ1) is 12.4. The topological polar surface area (TPSA) is 104 Å². The third kappa shape index (κ3) is 3.22. The first-order valence-electron chi connectivity index (χ1n) is 8.21. The average molecular weight is 349 g/mol. The molecule has 0 spiro atoms. The van der Waals surface area contributed by atoms with E-state index in [0.717, 1.165) is 22.4 Å². The van der Waals surface area contributed by atoms with Crippen LogP contribution in [0.15, 0.2) is 29.1 Å². The molecule has 0 aliphatic carbocycles. The number of nitrogens with zero attached hydrogens (tertiary/aromatic N) is 3. The average Bonchev–Trinajstić information content (AvgIpc) is 2.91. The van der Waals surface area contributed by atoms with Gasteiger partial charge >= 0.3 is 0 Å². The van der Waals surface area contributed by atoms with Crippen molar-refractivity contribution in [1.82, 2.24) is 20.1 Å². The van der Waals surface area contributed by atoms with Gasteiger partial charge in [-0.3, -0.25) is 19.4 Å². The number of H-pyrrole nitrogens is 1. The Balaban J connectivity index is 1.77. The second kappa shape index (κ2) is 6.84. The molecule has 0 aliphatic rings. The minimum absolute atomic E-state index is 0.144. The molecular formula is C19H19N5O2. The fourth-order valence-corrected chi connectivity index (χ4v) is 3.03. The molecule has 2 heterocycles. The maximum atomic E-state index is 12.4. The summed E-state index contributed by atoms with van der Waals surface area (Å²) in [5.74, 6) is -0.144. The molecule has 0 aliphatic heterocycles. The Morgan fingerprint density at radius 1 is 1.31 bits per heavy atom. The smallest absolute Gasteiger partial charge is 0.273 e. The Morgan fingerprint density at radius 3 is 2.65 bits per heavy atom. The van der Waals surface area contributed by atoms with Crippen LogP contribution in [0.4, 0.5) is 0 Å². The summed E-state index contributed by atoms with van der Waals surface area (Å²) in [6.45, 7) is 4.06. The van der Waals surface area contributed by atoms with Crippen LogP contribution in [0, 0.1) is 25.2 Å². The lowest BCUT2D eigenvalue weighted by atomic mass is 10.0. The van der Waals surface area contributed by atoms with Gasteiger partial charge < -0.3 is 5.32 Å². The van der Waals surface area contributed by atoms with E-state index in [-0.39, 0.29) is 17.9 Å². The number of hydrogen-bond acceptors (Lipinski definition) is 4. The lowest BCUT2D eigenvalue weighted by molar-refractivity contribution is -0.120. The van der Waals surface area contributed by atoms with Gasteiger partial charge in [0, 0.05) is 19.3 Å². The maximum Gasteiger partial charge on any atom is 0.273 e. The van der Waals surface area contributed by atoms with Gasteiger partial charge in [-0.1, -0.05) is 12.1 Å². The minimum atomic E-state index is -0.202. The number of hydrogen-bond donors (Lipinski definition) is 2. The van der Waals surface area contributed by atoms with Crippen molar-refractivity contribution in [3.8, 4) is 6.07 Å². The Bertz CT molecular complexity index is 1080. The van der Waals surface area contributed by atoms with Crippen molar-refractivity contribution in [1.29, 1.82) is 5.26 Å². The molecule has 1 amide bonds. The SMILES string of the molecule is Cc1nc2c(c(C)c1CC(=O)NCc1ccc(C#N)cc1)c(=O)[nH]n2C. The summed E-state index contributed by atoms with van der Waals surface area (Å²) < 4.78 is 1.59. The zero-order chi connectivity index (χ0) is 18.8. The molecule has 0 radical (unpaired) electrons.